The van der Waals surface area contributed by atoms with Crippen LogP contribution in [0.3, 0.4) is 0 Å². The number of benzene rings is 1. The average Bonchev–Trinajstić information content (AvgIpc) is 2.49. The second-order valence-corrected chi connectivity index (χ2v) is 4.63. The van der Waals surface area contributed by atoms with Crippen molar-refractivity contribution in [2.75, 3.05) is 17.2 Å². The van der Waals surface area contributed by atoms with Gasteiger partial charge in [-0.2, -0.15) is 0 Å². The third-order valence-electron chi connectivity index (χ3n) is 2.86. The molecule has 0 spiro atoms. The summed E-state index contributed by atoms with van der Waals surface area (Å²) in [6.07, 6.45) is 3.90. The molecule has 0 radical (unpaired) electrons. The highest BCUT2D eigenvalue weighted by Gasteiger charge is 2.09. The molecule has 0 atom stereocenters. The smallest absolute Gasteiger partial charge is 0.275 e. The topological polar surface area (TPSA) is 66.9 Å². The Morgan fingerprint density at radius 1 is 1.29 bits per heavy atom. The van der Waals surface area contributed by atoms with Crippen LogP contribution in [0.1, 0.15) is 29.4 Å². The summed E-state index contributed by atoms with van der Waals surface area (Å²) in [6.45, 7) is 4.49. The number of amides is 1. The summed E-state index contributed by atoms with van der Waals surface area (Å²) in [7, 11) is 0. The number of halogens is 1. The van der Waals surface area contributed by atoms with Gasteiger partial charge in [-0.3, -0.25) is 4.79 Å². The van der Waals surface area contributed by atoms with Gasteiger partial charge in [-0.15, -0.1) is 0 Å². The van der Waals surface area contributed by atoms with Crippen LogP contribution in [0.15, 0.2) is 30.6 Å². The van der Waals surface area contributed by atoms with Gasteiger partial charge in [0.2, 0.25) is 0 Å². The second-order valence-electron chi connectivity index (χ2n) is 4.63. The molecule has 1 aromatic heterocycles. The molecule has 0 saturated heterocycles. The van der Waals surface area contributed by atoms with Gasteiger partial charge in [0.25, 0.3) is 5.91 Å². The Bertz CT molecular complexity index is 628. The van der Waals surface area contributed by atoms with Crippen LogP contribution < -0.4 is 10.6 Å². The molecule has 6 heteroatoms. The highest BCUT2D eigenvalue weighted by atomic mass is 19.1. The lowest BCUT2D eigenvalue weighted by molar-refractivity contribution is 0.102. The predicted octanol–water partition coefficient (Wildman–Crippen LogP) is 3.00. The minimum absolute atomic E-state index is 0.207. The summed E-state index contributed by atoms with van der Waals surface area (Å²) < 4.78 is 13.2. The standard InChI is InChI=1S/C15H17FN4O/c1-3-6-17-14-9-18-13(8-19-14)15(21)20-11-4-5-12(16)10(2)7-11/h4-5,7-9H,3,6H2,1-2H3,(H,17,19)(H,20,21). The van der Waals surface area contributed by atoms with Crippen molar-refractivity contribution in [1.82, 2.24) is 9.97 Å². The third-order valence-corrected chi connectivity index (χ3v) is 2.86. The molecule has 2 rings (SSSR count). The van der Waals surface area contributed by atoms with E-state index in [2.05, 4.69) is 20.6 Å². The lowest BCUT2D eigenvalue weighted by atomic mass is 10.2. The van der Waals surface area contributed by atoms with E-state index in [1.165, 1.54) is 24.5 Å². The second kappa shape index (κ2) is 6.78. The van der Waals surface area contributed by atoms with Gasteiger partial charge in [-0.05, 0) is 37.1 Å². The summed E-state index contributed by atoms with van der Waals surface area (Å²) in [5.74, 6) is -0.0549. The van der Waals surface area contributed by atoms with Gasteiger partial charge in [-0.25, -0.2) is 14.4 Å². The number of anilines is 2. The number of nitrogens with zero attached hydrogens (tertiary/aromatic N) is 2. The molecule has 0 saturated carbocycles. The van der Waals surface area contributed by atoms with Crippen molar-refractivity contribution in [2.24, 2.45) is 0 Å². The average molecular weight is 288 g/mol. The van der Waals surface area contributed by atoms with Crippen molar-refractivity contribution in [3.63, 3.8) is 0 Å². The van der Waals surface area contributed by atoms with Gasteiger partial charge in [0.15, 0.2) is 0 Å². The maximum Gasteiger partial charge on any atom is 0.275 e. The molecular formula is C15H17FN4O. The number of aromatic nitrogens is 2. The van der Waals surface area contributed by atoms with Gasteiger partial charge >= 0.3 is 0 Å². The molecule has 0 aliphatic carbocycles. The number of carbonyl (C=O) groups excluding carboxylic acids is 1. The van der Waals surface area contributed by atoms with E-state index in [4.69, 9.17) is 0 Å². The molecule has 1 aromatic carbocycles. The summed E-state index contributed by atoms with van der Waals surface area (Å²) >= 11 is 0. The van der Waals surface area contributed by atoms with E-state index in [0.717, 1.165) is 13.0 Å². The molecule has 21 heavy (non-hydrogen) atoms. The highest BCUT2D eigenvalue weighted by molar-refractivity contribution is 6.02. The summed E-state index contributed by atoms with van der Waals surface area (Å²) in [6, 6.07) is 4.39. The van der Waals surface area contributed by atoms with E-state index in [0.29, 0.717) is 17.1 Å². The van der Waals surface area contributed by atoms with Crippen LogP contribution in [-0.4, -0.2) is 22.4 Å². The van der Waals surface area contributed by atoms with Crippen molar-refractivity contribution < 1.29 is 9.18 Å². The van der Waals surface area contributed by atoms with E-state index >= 15 is 0 Å². The minimum atomic E-state index is -0.379. The maximum atomic E-state index is 13.2. The summed E-state index contributed by atoms with van der Waals surface area (Å²) in [4.78, 5) is 20.2. The molecule has 1 heterocycles. The van der Waals surface area contributed by atoms with Crippen LogP contribution in [0.4, 0.5) is 15.9 Å². The number of hydrogen-bond donors (Lipinski definition) is 2. The van der Waals surface area contributed by atoms with Crippen LogP contribution >= 0.6 is 0 Å². The van der Waals surface area contributed by atoms with Crippen LogP contribution in [0.5, 0.6) is 0 Å². The quantitative estimate of drug-likeness (QED) is 0.887. The van der Waals surface area contributed by atoms with Gasteiger partial charge in [0.1, 0.15) is 17.3 Å². The summed E-state index contributed by atoms with van der Waals surface area (Å²) in [5.41, 5.74) is 1.20. The molecule has 0 aliphatic heterocycles. The van der Waals surface area contributed by atoms with E-state index in [9.17, 15) is 9.18 Å². The first-order chi connectivity index (χ1) is 10.1. The zero-order valence-corrected chi connectivity index (χ0v) is 12.0. The lowest BCUT2D eigenvalue weighted by Crippen LogP contribution is -2.14. The first kappa shape index (κ1) is 14.9. The van der Waals surface area contributed by atoms with Crippen LogP contribution in [-0.2, 0) is 0 Å². The zero-order chi connectivity index (χ0) is 15.2. The van der Waals surface area contributed by atoms with Crippen LogP contribution in [0.25, 0.3) is 0 Å². The predicted molar refractivity (Wildman–Crippen MR) is 79.9 cm³/mol. The SMILES string of the molecule is CCCNc1cnc(C(=O)Nc2ccc(F)c(C)c2)cn1. The molecule has 0 fully saturated rings. The van der Waals surface area contributed by atoms with Crippen molar-refractivity contribution in [3.05, 3.63) is 47.7 Å². The van der Waals surface area contributed by atoms with E-state index in [1.807, 2.05) is 6.92 Å². The Balaban J connectivity index is 2.04. The number of rotatable bonds is 5. The fraction of sp³-hybridized carbons (Fsp3) is 0.267. The minimum Gasteiger partial charge on any atom is -0.369 e. The monoisotopic (exact) mass is 288 g/mol. The van der Waals surface area contributed by atoms with E-state index in [-0.39, 0.29) is 17.4 Å². The Morgan fingerprint density at radius 2 is 2.10 bits per heavy atom. The van der Waals surface area contributed by atoms with Crippen molar-refractivity contribution in [1.29, 1.82) is 0 Å². The Labute approximate surface area is 122 Å². The highest BCUT2D eigenvalue weighted by Crippen LogP contribution is 2.14. The number of carbonyl (C=O) groups is 1. The zero-order valence-electron chi connectivity index (χ0n) is 12.0. The number of aryl methyl sites for hydroxylation is 1. The largest absolute Gasteiger partial charge is 0.369 e. The van der Waals surface area contributed by atoms with Gasteiger partial charge in [0.05, 0.1) is 12.4 Å². The third kappa shape index (κ3) is 3.98. The van der Waals surface area contributed by atoms with Gasteiger partial charge < -0.3 is 10.6 Å². The molecule has 110 valence electrons. The van der Waals surface area contributed by atoms with Crippen LogP contribution in [0.2, 0.25) is 0 Å². The molecule has 5 nitrogen and oxygen atoms in total. The van der Waals surface area contributed by atoms with E-state index in [1.54, 1.807) is 13.0 Å². The molecule has 2 aromatic rings. The fourth-order valence-corrected chi connectivity index (χ4v) is 1.71. The van der Waals surface area contributed by atoms with Gasteiger partial charge in [-0.1, -0.05) is 6.92 Å². The Kier molecular flexibility index (Phi) is 4.81. The van der Waals surface area contributed by atoms with E-state index < -0.39 is 0 Å². The first-order valence-corrected chi connectivity index (χ1v) is 6.73. The number of hydrogen-bond acceptors (Lipinski definition) is 4. The normalized spacial score (nSPS) is 10.2. The number of nitrogens with one attached hydrogen (secondary N) is 2. The first-order valence-electron chi connectivity index (χ1n) is 6.73. The molecular weight excluding hydrogens is 271 g/mol. The summed E-state index contributed by atoms with van der Waals surface area (Å²) in [5, 5.41) is 5.74. The maximum absolute atomic E-state index is 13.2. The van der Waals surface area contributed by atoms with Crippen molar-refractivity contribution in [3.8, 4) is 0 Å². The molecule has 0 unspecified atom stereocenters. The fourth-order valence-electron chi connectivity index (χ4n) is 1.71. The molecule has 0 aliphatic rings. The van der Waals surface area contributed by atoms with Crippen molar-refractivity contribution in [2.45, 2.75) is 20.3 Å². The molecule has 1 amide bonds. The van der Waals surface area contributed by atoms with Crippen LogP contribution in [0, 0.1) is 12.7 Å². The Hall–Kier alpha value is -2.50. The lowest BCUT2D eigenvalue weighted by Gasteiger charge is -2.07. The molecule has 2 N–H and O–H groups in total. The Morgan fingerprint density at radius 3 is 2.71 bits per heavy atom. The van der Waals surface area contributed by atoms with Crippen molar-refractivity contribution >= 4 is 17.4 Å². The van der Waals surface area contributed by atoms with Gasteiger partial charge in [0, 0.05) is 12.2 Å². The molecule has 0 bridgehead atoms.